The third kappa shape index (κ3) is 2.47. The van der Waals surface area contributed by atoms with Gasteiger partial charge >= 0.3 is 0 Å². The van der Waals surface area contributed by atoms with Gasteiger partial charge in [-0.25, -0.2) is 9.97 Å². The Hall–Kier alpha value is -2.41. The zero-order valence-corrected chi connectivity index (χ0v) is 12.1. The first-order valence-electron chi connectivity index (χ1n) is 6.24. The maximum Gasteiger partial charge on any atom is 0.228 e. The molecule has 21 heavy (non-hydrogen) atoms. The number of carbonyl (C=O) groups excluding carboxylic acids is 1. The number of aromatic nitrogens is 2. The van der Waals surface area contributed by atoms with Crippen molar-refractivity contribution in [3.8, 4) is 0 Å². The summed E-state index contributed by atoms with van der Waals surface area (Å²) in [6.45, 7) is 0. The molecule has 2 rings (SSSR count). The molecule has 0 saturated carbocycles. The van der Waals surface area contributed by atoms with Crippen molar-refractivity contribution in [3.05, 3.63) is 48.0 Å². The number of hydrogen-bond donors (Lipinski definition) is 1. The maximum absolute atomic E-state index is 11.9. The average Bonchev–Trinajstić information content (AvgIpc) is 2.54. The summed E-state index contributed by atoms with van der Waals surface area (Å²) in [5, 5.41) is 0. The van der Waals surface area contributed by atoms with Crippen molar-refractivity contribution in [1.29, 1.82) is 0 Å². The number of nitrogens with zero attached hydrogens (tertiary/aromatic N) is 2. The van der Waals surface area contributed by atoms with Gasteiger partial charge < -0.3 is 19.9 Å². The van der Waals surface area contributed by atoms with Crippen LogP contribution in [0.25, 0.3) is 0 Å². The molecule has 1 aliphatic carbocycles. The van der Waals surface area contributed by atoms with Gasteiger partial charge in [-0.05, 0) is 12.1 Å². The number of amides is 1. The molecule has 1 heterocycles. The van der Waals surface area contributed by atoms with Gasteiger partial charge in [0.15, 0.2) is 22.9 Å². The second-order valence-corrected chi connectivity index (χ2v) is 4.40. The lowest BCUT2D eigenvalue weighted by Crippen LogP contribution is -2.45. The van der Waals surface area contributed by atoms with Crippen LogP contribution in [-0.4, -0.2) is 37.2 Å². The number of methoxy groups -OCH3 is 3. The minimum absolute atomic E-state index is 0.317. The quantitative estimate of drug-likeness (QED) is 0.848. The predicted octanol–water partition coefficient (Wildman–Crippen LogP) is 0.494. The third-order valence-corrected chi connectivity index (χ3v) is 3.37. The van der Waals surface area contributed by atoms with Gasteiger partial charge in [0, 0.05) is 25.6 Å². The first-order chi connectivity index (χ1) is 10.1. The minimum atomic E-state index is -1.24. The molecular weight excluding hydrogens is 274 g/mol. The molecule has 2 atom stereocenters. The first kappa shape index (κ1) is 15.0. The van der Waals surface area contributed by atoms with Crippen molar-refractivity contribution in [2.45, 2.75) is 5.60 Å². The maximum atomic E-state index is 11.9. The Morgan fingerprint density at radius 3 is 2.29 bits per heavy atom. The molecule has 2 unspecified atom stereocenters. The van der Waals surface area contributed by atoms with Gasteiger partial charge in [0.1, 0.15) is 0 Å². The van der Waals surface area contributed by atoms with E-state index in [9.17, 15) is 4.79 Å². The molecule has 7 nitrogen and oxygen atoms in total. The molecule has 0 bridgehead atoms. The fraction of sp³-hybridized carbons (Fsp3) is 0.357. The number of rotatable bonds is 5. The molecule has 1 aliphatic rings. The Labute approximate surface area is 122 Å². The third-order valence-electron chi connectivity index (χ3n) is 3.37. The van der Waals surface area contributed by atoms with Gasteiger partial charge in [0.05, 0.1) is 20.1 Å². The molecule has 0 fully saturated rings. The minimum Gasteiger partial charge on any atom is -0.493 e. The summed E-state index contributed by atoms with van der Waals surface area (Å²) >= 11 is 0. The van der Waals surface area contributed by atoms with E-state index in [0.29, 0.717) is 17.3 Å². The highest BCUT2D eigenvalue weighted by molar-refractivity contribution is 5.81. The Morgan fingerprint density at radius 1 is 1.19 bits per heavy atom. The largest absolute Gasteiger partial charge is 0.493 e. The molecule has 0 radical (unpaired) electrons. The Balaban J connectivity index is 2.64. The van der Waals surface area contributed by atoms with E-state index in [4.69, 9.17) is 19.9 Å². The summed E-state index contributed by atoms with van der Waals surface area (Å²) in [6.07, 6.45) is 6.30. The fourth-order valence-corrected chi connectivity index (χ4v) is 2.32. The highest BCUT2D eigenvalue weighted by atomic mass is 16.5. The van der Waals surface area contributed by atoms with Crippen molar-refractivity contribution in [2.75, 3.05) is 21.3 Å². The summed E-state index contributed by atoms with van der Waals surface area (Å²) in [6, 6.07) is 1.67. The van der Waals surface area contributed by atoms with Gasteiger partial charge in [0.25, 0.3) is 0 Å². The highest BCUT2D eigenvalue weighted by Crippen LogP contribution is 2.40. The molecule has 0 aromatic carbocycles. The Kier molecular flexibility index (Phi) is 4.23. The van der Waals surface area contributed by atoms with Crippen LogP contribution in [0.3, 0.4) is 0 Å². The zero-order chi connectivity index (χ0) is 15.5. The average molecular weight is 291 g/mol. The number of hydrogen-bond acceptors (Lipinski definition) is 6. The van der Waals surface area contributed by atoms with E-state index in [-0.39, 0.29) is 0 Å². The lowest BCUT2D eigenvalue weighted by Gasteiger charge is -2.35. The van der Waals surface area contributed by atoms with Crippen molar-refractivity contribution in [3.63, 3.8) is 0 Å². The molecule has 0 saturated heterocycles. The van der Waals surface area contributed by atoms with Crippen LogP contribution < -0.4 is 5.73 Å². The van der Waals surface area contributed by atoms with E-state index in [1.165, 1.54) is 21.3 Å². The van der Waals surface area contributed by atoms with Crippen LogP contribution in [0.2, 0.25) is 0 Å². The second kappa shape index (κ2) is 5.92. The fourth-order valence-electron chi connectivity index (χ4n) is 2.32. The second-order valence-electron chi connectivity index (χ2n) is 4.40. The summed E-state index contributed by atoms with van der Waals surface area (Å²) in [5.41, 5.74) is 4.28. The summed E-state index contributed by atoms with van der Waals surface area (Å²) < 4.78 is 16.1. The van der Waals surface area contributed by atoms with Gasteiger partial charge in [-0.1, -0.05) is 0 Å². The molecule has 1 amide bonds. The smallest absolute Gasteiger partial charge is 0.228 e. The van der Waals surface area contributed by atoms with Gasteiger partial charge in [-0.2, -0.15) is 0 Å². The number of nitrogens with two attached hydrogens (primary N) is 1. The molecule has 0 spiro atoms. The van der Waals surface area contributed by atoms with Gasteiger partial charge in [0.2, 0.25) is 5.91 Å². The summed E-state index contributed by atoms with van der Waals surface area (Å²) in [7, 11) is 4.44. The van der Waals surface area contributed by atoms with Crippen molar-refractivity contribution >= 4 is 5.91 Å². The number of ether oxygens (including phenoxy) is 3. The summed E-state index contributed by atoms with van der Waals surface area (Å²) in [4.78, 5) is 20.2. The van der Waals surface area contributed by atoms with Crippen LogP contribution in [0.1, 0.15) is 5.82 Å². The van der Waals surface area contributed by atoms with E-state index in [2.05, 4.69) is 9.97 Å². The molecule has 112 valence electrons. The Bertz CT molecular complexity index is 585. The van der Waals surface area contributed by atoms with Crippen LogP contribution >= 0.6 is 0 Å². The SMILES string of the molecule is COC1=CC(C(N)=O)C(OC)(c2ncccn2)C=C1OC. The van der Waals surface area contributed by atoms with E-state index in [1.807, 2.05) is 0 Å². The topological polar surface area (TPSA) is 96.6 Å². The zero-order valence-electron chi connectivity index (χ0n) is 12.1. The van der Waals surface area contributed by atoms with E-state index in [0.717, 1.165) is 0 Å². The molecule has 0 aliphatic heterocycles. The molecular formula is C14H17N3O4. The lowest BCUT2D eigenvalue weighted by atomic mass is 9.81. The molecule has 7 heteroatoms. The highest BCUT2D eigenvalue weighted by Gasteiger charge is 2.47. The van der Waals surface area contributed by atoms with Crippen LogP contribution in [0, 0.1) is 5.92 Å². The van der Waals surface area contributed by atoms with E-state index >= 15 is 0 Å². The standard InChI is InChI=1S/C14H17N3O4/c1-19-10-7-9(12(15)18)14(21-3,8-11(10)20-2)13-16-5-4-6-17-13/h4-9H,1-3H3,(H2,15,18). The summed E-state index contributed by atoms with van der Waals surface area (Å²) in [5.74, 6) is -0.254. The van der Waals surface area contributed by atoms with E-state index < -0.39 is 17.4 Å². The van der Waals surface area contributed by atoms with Gasteiger partial charge in [-0.15, -0.1) is 0 Å². The van der Waals surface area contributed by atoms with Crippen LogP contribution in [0.4, 0.5) is 0 Å². The number of carbonyl (C=O) groups is 1. The van der Waals surface area contributed by atoms with E-state index in [1.54, 1.807) is 30.6 Å². The molecule has 1 aromatic rings. The monoisotopic (exact) mass is 291 g/mol. The van der Waals surface area contributed by atoms with Crippen LogP contribution in [0.15, 0.2) is 42.1 Å². The molecule has 2 N–H and O–H groups in total. The molecule has 1 aromatic heterocycles. The van der Waals surface area contributed by atoms with Gasteiger partial charge in [-0.3, -0.25) is 4.79 Å². The Morgan fingerprint density at radius 2 is 1.81 bits per heavy atom. The van der Waals surface area contributed by atoms with Crippen LogP contribution in [-0.2, 0) is 24.6 Å². The predicted molar refractivity (Wildman–Crippen MR) is 73.6 cm³/mol. The van der Waals surface area contributed by atoms with Crippen molar-refractivity contribution in [2.24, 2.45) is 11.7 Å². The first-order valence-corrected chi connectivity index (χ1v) is 6.24. The number of primary amides is 1. The van der Waals surface area contributed by atoms with Crippen molar-refractivity contribution in [1.82, 2.24) is 9.97 Å². The normalized spacial score (nSPS) is 24.8. The lowest BCUT2D eigenvalue weighted by molar-refractivity contribution is -0.129. The van der Waals surface area contributed by atoms with Crippen LogP contribution in [0.5, 0.6) is 0 Å². The van der Waals surface area contributed by atoms with Crippen molar-refractivity contribution < 1.29 is 19.0 Å².